The van der Waals surface area contributed by atoms with Crippen LogP contribution in [0.25, 0.3) is 0 Å². The van der Waals surface area contributed by atoms with E-state index < -0.39 is 52.6 Å². The Morgan fingerprint density at radius 2 is 1.84 bits per heavy atom. The second kappa shape index (κ2) is 12.1. The van der Waals surface area contributed by atoms with E-state index in [4.69, 9.17) is 14.2 Å². The highest BCUT2D eigenvalue weighted by atomic mass is 16.6. The first kappa shape index (κ1) is 31.9. The number of aliphatic hydroxyl groups is 2. The number of likely N-dealkylation sites (N-methyl/N-ethyl adjacent to an activating group) is 1. The number of cyclic esters (lactones) is 1. The summed E-state index contributed by atoms with van der Waals surface area (Å²) in [5, 5.41) is 22.9. The van der Waals surface area contributed by atoms with Crippen LogP contribution in [-0.2, 0) is 35.1 Å². The number of fused-ring (bicyclic) bond motifs is 4. The van der Waals surface area contributed by atoms with Crippen LogP contribution in [0.1, 0.15) is 45.6 Å². The fourth-order valence-electron chi connectivity index (χ4n) is 7.79. The van der Waals surface area contributed by atoms with E-state index in [2.05, 4.69) is 0 Å². The van der Waals surface area contributed by atoms with Crippen LogP contribution in [0, 0.1) is 16.7 Å². The van der Waals surface area contributed by atoms with Gasteiger partial charge in [-0.2, -0.15) is 0 Å². The second-order valence-electron chi connectivity index (χ2n) is 13.2. The zero-order valence-corrected chi connectivity index (χ0v) is 26.5. The molecule has 0 bridgehead atoms. The molecule has 2 fully saturated rings. The first-order valence-electron chi connectivity index (χ1n) is 15.3. The van der Waals surface area contributed by atoms with E-state index in [1.165, 1.54) is 14.0 Å². The van der Waals surface area contributed by atoms with Gasteiger partial charge in [-0.1, -0.05) is 37.3 Å². The van der Waals surface area contributed by atoms with E-state index in [0.29, 0.717) is 50.0 Å². The Kier molecular flexibility index (Phi) is 8.81. The molecule has 0 amide bonds. The summed E-state index contributed by atoms with van der Waals surface area (Å²) in [6, 6.07) is 9.82. The lowest BCUT2D eigenvalue weighted by Crippen LogP contribution is -2.57. The van der Waals surface area contributed by atoms with Gasteiger partial charge in [0.2, 0.25) is 5.78 Å². The number of aliphatic hydroxyl groups excluding tert-OH is 2. The number of carbonyl (C=O) groups excluding carboxylic acids is 3. The van der Waals surface area contributed by atoms with Crippen LogP contribution < -0.4 is 0 Å². The van der Waals surface area contributed by atoms with Crippen molar-refractivity contribution in [2.24, 2.45) is 16.7 Å². The number of carbonyl (C=O) groups is 3. The molecule has 0 unspecified atom stereocenters. The van der Waals surface area contributed by atoms with Crippen LogP contribution >= 0.6 is 0 Å². The number of methoxy groups -OCH3 is 1. The van der Waals surface area contributed by atoms with Gasteiger partial charge in [-0.05, 0) is 57.3 Å². The van der Waals surface area contributed by atoms with Crippen molar-refractivity contribution in [3.05, 3.63) is 70.1 Å². The second-order valence-corrected chi connectivity index (χ2v) is 13.2. The third-order valence-electron chi connectivity index (χ3n) is 10.0. The fraction of sp³-hybridized carbons (Fsp3) is 0.559. The maximum Gasteiger partial charge on any atom is 0.340 e. The van der Waals surface area contributed by atoms with Crippen molar-refractivity contribution in [2.75, 3.05) is 40.9 Å². The molecule has 1 heterocycles. The van der Waals surface area contributed by atoms with Crippen molar-refractivity contribution in [3.8, 4) is 0 Å². The van der Waals surface area contributed by atoms with Gasteiger partial charge >= 0.3 is 11.9 Å². The van der Waals surface area contributed by atoms with Gasteiger partial charge in [-0.15, -0.1) is 0 Å². The molecule has 238 valence electrons. The molecule has 0 radical (unpaired) electrons. The Balaban J connectivity index is 1.70. The molecule has 4 aliphatic rings. The van der Waals surface area contributed by atoms with Crippen molar-refractivity contribution < 1.29 is 38.8 Å². The molecule has 0 aromatic heterocycles. The van der Waals surface area contributed by atoms with E-state index in [-0.39, 0.29) is 23.7 Å². The number of Topliss-reactive ketones (excluding diaryl/α,β-unsaturated/α-hetero) is 1. The number of ether oxygens (including phenoxy) is 3. The van der Waals surface area contributed by atoms with Crippen LogP contribution in [-0.4, -0.2) is 96.9 Å². The van der Waals surface area contributed by atoms with Gasteiger partial charge in [0.15, 0.2) is 5.76 Å². The zero-order valence-electron chi connectivity index (χ0n) is 26.5. The molecule has 10 heteroatoms. The highest BCUT2D eigenvalue weighted by Gasteiger charge is 2.64. The maximum absolute atomic E-state index is 14.3. The Morgan fingerprint density at radius 3 is 2.48 bits per heavy atom. The SMILES string of the molecule is COC[C@H]1OC(=O)/C(=C/N(CCN(C)C)Cc2ccccc2)C2=C(O)C(=O)C3=C([C@H](OC(C)=O)C[C@]4(C)[C@@H](O)CC[C@@H]34)[C@]21C. The number of rotatable bonds is 9. The van der Waals surface area contributed by atoms with Crippen molar-refractivity contribution in [3.63, 3.8) is 0 Å². The summed E-state index contributed by atoms with van der Waals surface area (Å²) < 4.78 is 17.5. The summed E-state index contributed by atoms with van der Waals surface area (Å²) in [4.78, 5) is 44.5. The van der Waals surface area contributed by atoms with Gasteiger partial charge in [-0.25, -0.2) is 4.79 Å². The molecule has 44 heavy (non-hydrogen) atoms. The molecule has 1 aromatic rings. The molecule has 0 spiro atoms. The molecule has 3 aliphatic carbocycles. The van der Waals surface area contributed by atoms with E-state index in [1.807, 2.05) is 68.1 Å². The summed E-state index contributed by atoms with van der Waals surface area (Å²) in [7, 11) is 5.42. The van der Waals surface area contributed by atoms with Crippen LogP contribution in [0.5, 0.6) is 0 Å². The molecule has 1 saturated carbocycles. The molecule has 10 nitrogen and oxygen atoms in total. The lowest BCUT2D eigenvalue weighted by Gasteiger charge is -2.54. The highest BCUT2D eigenvalue weighted by Crippen LogP contribution is 2.63. The standard InChI is InChI=1S/C34H44N2O8/c1-20(37)43-24-16-33(2)23(12-13-25(33)38)27-29(24)34(3)26(19-42-6)44-32(41)22(28(34)31(40)30(27)39)18-36(15-14-35(4)5)17-21-10-8-7-9-11-21/h7-11,18,23-26,38,40H,12-17,19H2,1-6H3/b22-18+/t23-,24+,25-,26+,33-,34-/m0/s1. The van der Waals surface area contributed by atoms with Crippen LogP contribution in [0.15, 0.2) is 64.6 Å². The van der Waals surface area contributed by atoms with E-state index in [1.54, 1.807) is 6.20 Å². The summed E-state index contributed by atoms with van der Waals surface area (Å²) in [5.41, 5.74) is 0.134. The van der Waals surface area contributed by atoms with Gasteiger partial charge in [0.25, 0.3) is 0 Å². The average molecular weight is 609 g/mol. The number of hydrogen-bond acceptors (Lipinski definition) is 10. The Bertz CT molecular complexity index is 1420. The van der Waals surface area contributed by atoms with Crippen molar-refractivity contribution in [1.82, 2.24) is 9.80 Å². The van der Waals surface area contributed by atoms with Crippen molar-refractivity contribution in [1.29, 1.82) is 0 Å². The fourth-order valence-corrected chi connectivity index (χ4v) is 7.79. The van der Waals surface area contributed by atoms with Gasteiger partial charge in [0.1, 0.15) is 12.2 Å². The Hall–Kier alpha value is -3.47. The summed E-state index contributed by atoms with van der Waals surface area (Å²) in [6.45, 7) is 6.76. The number of allylic oxidation sites excluding steroid dienone is 1. The summed E-state index contributed by atoms with van der Waals surface area (Å²) in [6.07, 6.45) is 0.506. The summed E-state index contributed by atoms with van der Waals surface area (Å²) >= 11 is 0. The topological polar surface area (TPSA) is 126 Å². The molecule has 5 rings (SSSR count). The summed E-state index contributed by atoms with van der Waals surface area (Å²) in [5.74, 6) is -2.69. The molecule has 2 N–H and O–H groups in total. The molecular weight excluding hydrogens is 564 g/mol. The molecule has 1 aromatic carbocycles. The van der Waals surface area contributed by atoms with Crippen LogP contribution in [0.3, 0.4) is 0 Å². The first-order valence-corrected chi connectivity index (χ1v) is 15.3. The molecule has 6 atom stereocenters. The molecule has 1 saturated heterocycles. The van der Waals surface area contributed by atoms with E-state index >= 15 is 0 Å². The minimum atomic E-state index is -1.25. The Labute approximate surface area is 258 Å². The Morgan fingerprint density at radius 1 is 1.14 bits per heavy atom. The zero-order chi connectivity index (χ0) is 32.0. The van der Waals surface area contributed by atoms with Gasteiger partial charge in [-0.3, -0.25) is 9.59 Å². The van der Waals surface area contributed by atoms with Gasteiger partial charge in [0.05, 0.1) is 23.7 Å². The number of benzene rings is 1. The minimum absolute atomic E-state index is 0.0109. The minimum Gasteiger partial charge on any atom is -0.504 e. The smallest absolute Gasteiger partial charge is 0.340 e. The predicted molar refractivity (Wildman–Crippen MR) is 162 cm³/mol. The van der Waals surface area contributed by atoms with Gasteiger partial charge in [0, 0.05) is 56.4 Å². The highest BCUT2D eigenvalue weighted by molar-refractivity contribution is 6.13. The quantitative estimate of drug-likeness (QED) is 0.319. The van der Waals surface area contributed by atoms with E-state index in [0.717, 1.165) is 5.56 Å². The van der Waals surface area contributed by atoms with Crippen molar-refractivity contribution in [2.45, 2.75) is 64.9 Å². The largest absolute Gasteiger partial charge is 0.504 e. The third-order valence-corrected chi connectivity index (χ3v) is 10.0. The van der Waals surface area contributed by atoms with Crippen molar-refractivity contribution >= 4 is 17.7 Å². The number of nitrogens with zero attached hydrogens (tertiary/aromatic N) is 2. The average Bonchev–Trinajstić information content (AvgIpc) is 3.26. The lowest BCUT2D eigenvalue weighted by molar-refractivity contribution is -0.161. The normalized spacial score (nSPS) is 32.4. The predicted octanol–water partition coefficient (Wildman–Crippen LogP) is 3.32. The van der Waals surface area contributed by atoms with Crippen LogP contribution in [0.4, 0.5) is 0 Å². The van der Waals surface area contributed by atoms with Crippen LogP contribution in [0.2, 0.25) is 0 Å². The molecule has 1 aliphatic heterocycles. The maximum atomic E-state index is 14.3. The lowest BCUT2D eigenvalue weighted by atomic mass is 9.53. The number of esters is 2. The monoisotopic (exact) mass is 608 g/mol. The van der Waals surface area contributed by atoms with E-state index in [9.17, 15) is 24.6 Å². The molecular formula is C34H44N2O8. The van der Waals surface area contributed by atoms with Gasteiger partial charge < -0.3 is 34.2 Å². The first-order chi connectivity index (χ1) is 20.8. The number of ketones is 1. The third kappa shape index (κ3) is 5.37. The number of hydrogen-bond donors (Lipinski definition) is 2.